The highest BCUT2D eigenvalue weighted by atomic mass is 14.7. The smallest absolute Gasteiger partial charge is 0.0739 e. The van der Waals surface area contributed by atoms with Gasteiger partial charge in [-0.15, -0.1) is 0 Å². The van der Waals surface area contributed by atoms with Crippen molar-refractivity contribution in [1.82, 2.24) is 9.97 Å². The number of fused-ring (bicyclic) bond motifs is 2. The van der Waals surface area contributed by atoms with Crippen molar-refractivity contribution < 1.29 is 0 Å². The fraction of sp³-hybridized carbons (Fsp3) is 0.0952. The van der Waals surface area contributed by atoms with E-state index in [2.05, 4.69) is 78.6 Å². The lowest BCUT2D eigenvalue weighted by molar-refractivity contribution is 1.31. The summed E-state index contributed by atoms with van der Waals surface area (Å²) in [6.07, 6.45) is 8.29. The molecule has 112 valence electrons. The predicted octanol–water partition coefficient (Wildman–Crippen LogP) is 5.50. The number of aromatic nitrogens is 2. The van der Waals surface area contributed by atoms with Crippen LogP contribution in [-0.4, -0.2) is 9.97 Å². The first kappa shape index (κ1) is 13.8. The van der Waals surface area contributed by atoms with E-state index < -0.39 is 0 Å². The second-order valence-electron chi connectivity index (χ2n) is 5.93. The van der Waals surface area contributed by atoms with Crippen LogP contribution < -0.4 is 0 Å². The number of para-hydroxylation sites is 1. The number of H-pyrrole nitrogens is 1. The molecule has 0 aliphatic rings. The standard InChI is InChI=1S/C21H18N2/c1-14-7-10-19-16(11-12-22-21(19)15(14)2)8-9-17-13-23-20-6-4-3-5-18(17)20/h3-13,23H,1-2H3. The van der Waals surface area contributed by atoms with E-state index in [0.717, 1.165) is 5.52 Å². The summed E-state index contributed by atoms with van der Waals surface area (Å²) in [5, 5.41) is 2.45. The van der Waals surface area contributed by atoms with Crippen LogP contribution in [0.3, 0.4) is 0 Å². The van der Waals surface area contributed by atoms with E-state index in [9.17, 15) is 0 Å². The zero-order valence-electron chi connectivity index (χ0n) is 13.3. The van der Waals surface area contributed by atoms with Crippen molar-refractivity contribution in [3.05, 3.63) is 77.1 Å². The Morgan fingerprint density at radius 3 is 2.61 bits per heavy atom. The summed E-state index contributed by atoms with van der Waals surface area (Å²) in [4.78, 5) is 7.87. The number of benzene rings is 2. The van der Waals surface area contributed by atoms with E-state index in [1.54, 1.807) is 0 Å². The fourth-order valence-electron chi connectivity index (χ4n) is 3.04. The van der Waals surface area contributed by atoms with E-state index in [1.165, 1.54) is 38.5 Å². The van der Waals surface area contributed by atoms with Crippen molar-refractivity contribution in [3.8, 4) is 0 Å². The molecule has 0 aliphatic carbocycles. The first-order chi connectivity index (χ1) is 11.2. The highest BCUT2D eigenvalue weighted by Crippen LogP contribution is 2.25. The predicted molar refractivity (Wildman–Crippen MR) is 98.4 cm³/mol. The Labute approximate surface area is 135 Å². The van der Waals surface area contributed by atoms with Crippen LogP contribution in [0.2, 0.25) is 0 Å². The van der Waals surface area contributed by atoms with E-state index >= 15 is 0 Å². The van der Waals surface area contributed by atoms with E-state index in [0.29, 0.717) is 0 Å². The highest BCUT2D eigenvalue weighted by molar-refractivity contribution is 5.96. The average Bonchev–Trinajstić information content (AvgIpc) is 3.00. The van der Waals surface area contributed by atoms with Gasteiger partial charge in [-0.2, -0.15) is 0 Å². The third kappa shape index (κ3) is 2.33. The maximum absolute atomic E-state index is 4.56. The Morgan fingerprint density at radius 2 is 1.70 bits per heavy atom. The van der Waals surface area contributed by atoms with Gasteiger partial charge >= 0.3 is 0 Å². The first-order valence-corrected chi connectivity index (χ1v) is 7.83. The third-order valence-electron chi connectivity index (χ3n) is 4.53. The van der Waals surface area contributed by atoms with Crippen molar-refractivity contribution >= 4 is 34.0 Å². The summed E-state index contributed by atoms with van der Waals surface area (Å²) in [5.74, 6) is 0. The third-order valence-corrected chi connectivity index (χ3v) is 4.53. The Kier molecular flexibility index (Phi) is 3.23. The minimum absolute atomic E-state index is 1.09. The zero-order chi connectivity index (χ0) is 15.8. The molecule has 4 rings (SSSR count). The Bertz CT molecular complexity index is 1040. The largest absolute Gasteiger partial charge is 0.361 e. The van der Waals surface area contributed by atoms with Crippen molar-refractivity contribution in [1.29, 1.82) is 0 Å². The summed E-state index contributed by atoms with van der Waals surface area (Å²) in [5.41, 5.74) is 7.19. The quantitative estimate of drug-likeness (QED) is 0.520. The molecule has 2 aromatic carbocycles. The molecule has 0 aliphatic heterocycles. The molecule has 2 heteroatoms. The van der Waals surface area contributed by atoms with Crippen molar-refractivity contribution in [2.24, 2.45) is 0 Å². The van der Waals surface area contributed by atoms with Crippen LogP contribution in [0.25, 0.3) is 34.0 Å². The molecule has 2 heterocycles. The molecule has 0 unspecified atom stereocenters. The fourth-order valence-corrected chi connectivity index (χ4v) is 3.04. The Balaban J connectivity index is 1.83. The lowest BCUT2D eigenvalue weighted by Crippen LogP contribution is -1.89. The normalized spacial score (nSPS) is 11.7. The van der Waals surface area contributed by atoms with Gasteiger partial charge in [-0.3, -0.25) is 4.98 Å². The molecule has 2 aromatic heterocycles. The van der Waals surface area contributed by atoms with Gasteiger partial charge in [0.05, 0.1) is 5.52 Å². The summed E-state index contributed by atoms with van der Waals surface area (Å²) in [7, 11) is 0. The van der Waals surface area contributed by atoms with E-state index in [-0.39, 0.29) is 0 Å². The maximum Gasteiger partial charge on any atom is 0.0739 e. The van der Waals surface area contributed by atoms with Gasteiger partial charge < -0.3 is 4.98 Å². The average molecular weight is 298 g/mol. The summed E-state index contributed by atoms with van der Waals surface area (Å²) in [6, 6.07) is 14.8. The monoisotopic (exact) mass is 298 g/mol. The molecule has 23 heavy (non-hydrogen) atoms. The molecule has 1 N–H and O–H groups in total. The summed E-state index contributed by atoms with van der Waals surface area (Å²) in [6.45, 7) is 4.27. The van der Waals surface area contributed by atoms with E-state index in [1.807, 2.05) is 12.3 Å². The number of hydrogen-bond acceptors (Lipinski definition) is 1. The molecule has 0 saturated carbocycles. The molecular formula is C21H18N2. The van der Waals surface area contributed by atoms with Crippen LogP contribution in [0.5, 0.6) is 0 Å². The topological polar surface area (TPSA) is 28.7 Å². The van der Waals surface area contributed by atoms with Crippen LogP contribution in [0, 0.1) is 13.8 Å². The number of aromatic amines is 1. The van der Waals surface area contributed by atoms with Crippen LogP contribution >= 0.6 is 0 Å². The number of hydrogen-bond donors (Lipinski definition) is 1. The molecule has 0 fully saturated rings. The minimum atomic E-state index is 1.09. The van der Waals surface area contributed by atoms with Crippen LogP contribution in [0.4, 0.5) is 0 Å². The number of rotatable bonds is 2. The van der Waals surface area contributed by atoms with Crippen LogP contribution in [0.1, 0.15) is 22.3 Å². The highest BCUT2D eigenvalue weighted by Gasteiger charge is 2.05. The molecule has 0 atom stereocenters. The number of pyridine rings is 1. The van der Waals surface area contributed by atoms with E-state index in [4.69, 9.17) is 0 Å². The maximum atomic E-state index is 4.56. The molecule has 0 bridgehead atoms. The molecule has 0 amide bonds. The van der Waals surface area contributed by atoms with Crippen molar-refractivity contribution in [2.45, 2.75) is 13.8 Å². The molecule has 0 saturated heterocycles. The summed E-state index contributed by atoms with van der Waals surface area (Å²) >= 11 is 0. The lowest BCUT2D eigenvalue weighted by atomic mass is 10.0. The Hall–Kier alpha value is -2.87. The van der Waals surface area contributed by atoms with Gasteiger partial charge in [-0.1, -0.05) is 42.5 Å². The molecule has 0 radical (unpaired) electrons. The number of aryl methyl sites for hydroxylation is 2. The van der Waals surface area contributed by atoms with Crippen LogP contribution in [0.15, 0.2) is 54.9 Å². The van der Waals surface area contributed by atoms with Crippen molar-refractivity contribution in [3.63, 3.8) is 0 Å². The molecule has 0 spiro atoms. The van der Waals surface area contributed by atoms with Gasteiger partial charge in [0, 0.05) is 28.7 Å². The second kappa shape index (κ2) is 5.40. The zero-order valence-corrected chi connectivity index (χ0v) is 13.3. The first-order valence-electron chi connectivity index (χ1n) is 7.83. The van der Waals surface area contributed by atoms with Gasteiger partial charge in [0.25, 0.3) is 0 Å². The number of nitrogens with zero attached hydrogens (tertiary/aromatic N) is 1. The van der Waals surface area contributed by atoms with Gasteiger partial charge in [0.1, 0.15) is 0 Å². The number of nitrogens with one attached hydrogen (secondary N) is 1. The molecular weight excluding hydrogens is 280 g/mol. The van der Waals surface area contributed by atoms with Gasteiger partial charge in [0.15, 0.2) is 0 Å². The van der Waals surface area contributed by atoms with Crippen molar-refractivity contribution in [2.75, 3.05) is 0 Å². The van der Waals surface area contributed by atoms with Gasteiger partial charge in [-0.05, 0) is 48.2 Å². The minimum Gasteiger partial charge on any atom is -0.361 e. The molecule has 4 aromatic rings. The van der Waals surface area contributed by atoms with Gasteiger partial charge in [-0.25, -0.2) is 0 Å². The Morgan fingerprint density at radius 1 is 0.870 bits per heavy atom. The van der Waals surface area contributed by atoms with Gasteiger partial charge in [0.2, 0.25) is 0 Å². The lowest BCUT2D eigenvalue weighted by Gasteiger charge is -2.07. The molecule has 2 nitrogen and oxygen atoms in total. The SMILES string of the molecule is Cc1ccc2c(C=Cc3c[nH]c4ccccc34)ccnc2c1C. The summed E-state index contributed by atoms with van der Waals surface area (Å²) < 4.78 is 0. The van der Waals surface area contributed by atoms with Crippen LogP contribution in [-0.2, 0) is 0 Å². The second-order valence-corrected chi connectivity index (χ2v) is 5.93.